The fraction of sp³-hybridized carbons (Fsp3) is 0.273. The monoisotopic (exact) mass is 438 g/mol. The summed E-state index contributed by atoms with van der Waals surface area (Å²) in [6, 6.07) is 12.4. The van der Waals surface area contributed by atoms with Gasteiger partial charge in [0.25, 0.3) is 5.56 Å². The van der Waals surface area contributed by atoms with Gasteiger partial charge in [-0.3, -0.25) is 19.5 Å². The van der Waals surface area contributed by atoms with Crippen LogP contribution >= 0.6 is 11.8 Å². The molecule has 0 aliphatic heterocycles. The van der Waals surface area contributed by atoms with Crippen LogP contribution in [0, 0.1) is 0 Å². The fourth-order valence-corrected chi connectivity index (χ4v) is 3.75. The van der Waals surface area contributed by atoms with E-state index in [1.807, 2.05) is 26.8 Å². The van der Waals surface area contributed by atoms with Crippen molar-refractivity contribution >= 4 is 34.5 Å². The van der Waals surface area contributed by atoms with E-state index in [0.717, 1.165) is 5.69 Å². The Hall–Kier alpha value is -3.33. The highest BCUT2D eigenvalue weighted by Crippen LogP contribution is 2.24. The number of nitrogens with zero attached hydrogens (tertiary/aromatic N) is 3. The van der Waals surface area contributed by atoms with E-state index in [1.54, 1.807) is 42.7 Å². The third-order valence-corrected chi connectivity index (χ3v) is 5.57. The Bertz CT molecular complexity index is 1270. The van der Waals surface area contributed by atoms with Crippen LogP contribution in [0.15, 0.2) is 67.6 Å². The normalized spacial score (nSPS) is 11.7. The second-order valence-electron chi connectivity index (χ2n) is 8.05. The molecule has 0 saturated carbocycles. The van der Waals surface area contributed by atoms with Crippen LogP contribution in [-0.4, -0.2) is 26.4 Å². The maximum atomic E-state index is 13.1. The average molecular weight is 439 g/mol. The summed E-state index contributed by atoms with van der Waals surface area (Å²) in [4.78, 5) is 30.1. The molecular weight excluding hydrogens is 416 g/mol. The van der Waals surface area contributed by atoms with E-state index in [0.29, 0.717) is 21.8 Å². The largest absolute Gasteiger partial charge is 0.467 e. The average Bonchev–Trinajstić information content (AvgIpc) is 3.41. The predicted octanol–water partition coefficient (Wildman–Crippen LogP) is 4.05. The number of fused-ring (bicyclic) bond motifs is 1. The van der Waals surface area contributed by atoms with Crippen LogP contribution in [0.25, 0.3) is 10.9 Å². The molecule has 0 fully saturated rings. The molecule has 9 heteroatoms. The molecule has 3 heterocycles. The lowest BCUT2D eigenvalue weighted by Crippen LogP contribution is -2.24. The first-order valence-corrected chi connectivity index (χ1v) is 10.7. The third-order valence-electron chi connectivity index (χ3n) is 4.59. The molecule has 0 spiro atoms. The predicted molar refractivity (Wildman–Crippen MR) is 118 cm³/mol. The molecule has 0 atom stereocenters. The molecule has 31 heavy (non-hydrogen) atoms. The summed E-state index contributed by atoms with van der Waals surface area (Å²) in [7, 11) is 0. The fourth-order valence-electron chi connectivity index (χ4n) is 2.95. The first-order valence-electron chi connectivity index (χ1n) is 9.73. The summed E-state index contributed by atoms with van der Waals surface area (Å²) >= 11 is 1.17. The molecule has 160 valence electrons. The highest BCUT2D eigenvalue weighted by atomic mass is 32.2. The van der Waals surface area contributed by atoms with Crippen LogP contribution in [-0.2, 0) is 16.8 Å². The lowest BCUT2D eigenvalue weighted by molar-refractivity contribution is -0.113. The van der Waals surface area contributed by atoms with Crippen LogP contribution in [0.1, 0.15) is 32.2 Å². The molecule has 0 aliphatic carbocycles. The number of para-hydroxylation sites is 1. The van der Waals surface area contributed by atoms with E-state index in [4.69, 9.17) is 8.94 Å². The number of thioether (sulfide) groups is 1. The van der Waals surface area contributed by atoms with Crippen molar-refractivity contribution in [3.63, 3.8) is 0 Å². The lowest BCUT2D eigenvalue weighted by Gasteiger charge is -2.12. The van der Waals surface area contributed by atoms with Crippen LogP contribution in [0.3, 0.4) is 0 Å². The van der Waals surface area contributed by atoms with Gasteiger partial charge in [0.15, 0.2) is 5.16 Å². The Morgan fingerprint density at radius 2 is 2.00 bits per heavy atom. The summed E-state index contributed by atoms with van der Waals surface area (Å²) in [5.74, 6) is 0.680. The summed E-state index contributed by atoms with van der Waals surface area (Å²) in [5.41, 5.74) is 0.961. The Balaban J connectivity index is 1.55. The first-order chi connectivity index (χ1) is 14.8. The van der Waals surface area contributed by atoms with Crippen LogP contribution in [0.5, 0.6) is 0 Å². The Morgan fingerprint density at radius 1 is 1.19 bits per heavy atom. The van der Waals surface area contributed by atoms with Crippen molar-refractivity contribution < 1.29 is 13.7 Å². The van der Waals surface area contributed by atoms with Crippen molar-refractivity contribution in [3.8, 4) is 0 Å². The molecule has 3 aromatic heterocycles. The number of rotatable bonds is 6. The zero-order chi connectivity index (χ0) is 22.0. The maximum Gasteiger partial charge on any atom is 0.262 e. The molecule has 0 unspecified atom stereocenters. The van der Waals surface area contributed by atoms with Crippen LogP contribution in [0.4, 0.5) is 5.88 Å². The number of benzene rings is 1. The summed E-state index contributed by atoms with van der Waals surface area (Å²) in [6.45, 7) is 6.26. The van der Waals surface area contributed by atoms with E-state index >= 15 is 0 Å². The molecule has 4 rings (SSSR count). The quantitative estimate of drug-likeness (QED) is 0.358. The molecular formula is C22H22N4O4S. The van der Waals surface area contributed by atoms with Crippen molar-refractivity contribution in [2.45, 2.75) is 37.9 Å². The molecule has 1 amide bonds. The number of furan rings is 1. The van der Waals surface area contributed by atoms with Gasteiger partial charge in [0.2, 0.25) is 11.8 Å². The number of nitrogens with one attached hydrogen (secondary N) is 1. The highest BCUT2D eigenvalue weighted by molar-refractivity contribution is 7.99. The zero-order valence-electron chi connectivity index (χ0n) is 17.4. The van der Waals surface area contributed by atoms with E-state index in [2.05, 4.69) is 15.5 Å². The second kappa shape index (κ2) is 8.43. The molecule has 1 aromatic carbocycles. The number of carbonyl (C=O) groups is 1. The van der Waals surface area contributed by atoms with Crippen molar-refractivity contribution in [1.82, 2.24) is 14.7 Å². The zero-order valence-corrected chi connectivity index (χ0v) is 18.2. The molecule has 0 bridgehead atoms. The first kappa shape index (κ1) is 20.9. The minimum absolute atomic E-state index is 0.0501. The molecule has 0 aliphatic rings. The Morgan fingerprint density at radius 3 is 2.71 bits per heavy atom. The molecule has 1 N–H and O–H groups in total. The summed E-state index contributed by atoms with van der Waals surface area (Å²) in [6.07, 6.45) is 1.55. The van der Waals surface area contributed by atoms with Gasteiger partial charge in [-0.05, 0) is 24.3 Å². The highest BCUT2D eigenvalue weighted by Gasteiger charge is 2.20. The van der Waals surface area contributed by atoms with Gasteiger partial charge in [-0.1, -0.05) is 49.8 Å². The topological polar surface area (TPSA) is 103 Å². The van der Waals surface area contributed by atoms with Gasteiger partial charge in [-0.25, -0.2) is 4.98 Å². The standard InChI is InChI=1S/C22H22N4O4S/c1-22(2,3)17-11-19(30-25-17)24-18(27)13-31-21-23-16-9-5-4-8-15(16)20(28)26(21)12-14-7-6-10-29-14/h4-11H,12-13H2,1-3H3,(H,24,27). The van der Waals surface area contributed by atoms with Crippen LogP contribution in [0.2, 0.25) is 0 Å². The van der Waals surface area contributed by atoms with Crippen LogP contribution < -0.4 is 10.9 Å². The minimum Gasteiger partial charge on any atom is -0.467 e. The number of aromatic nitrogens is 3. The van der Waals surface area contributed by atoms with Crippen molar-refractivity contribution in [1.29, 1.82) is 0 Å². The van der Waals surface area contributed by atoms with Gasteiger partial charge < -0.3 is 8.94 Å². The second-order valence-corrected chi connectivity index (χ2v) is 8.99. The van der Waals surface area contributed by atoms with Gasteiger partial charge >= 0.3 is 0 Å². The number of anilines is 1. The molecule has 4 aromatic rings. The number of carbonyl (C=O) groups excluding carboxylic acids is 1. The van der Waals surface area contributed by atoms with Crippen molar-refractivity contribution in [3.05, 3.63) is 70.5 Å². The van der Waals surface area contributed by atoms with Gasteiger partial charge in [0, 0.05) is 11.5 Å². The van der Waals surface area contributed by atoms with Gasteiger partial charge in [0.05, 0.1) is 35.2 Å². The van der Waals surface area contributed by atoms with Gasteiger partial charge in [0.1, 0.15) is 5.76 Å². The minimum atomic E-state index is -0.284. The number of amides is 1. The van der Waals surface area contributed by atoms with E-state index in [9.17, 15) is 9.59 Å². The maximum absolute atomic E-state index is 13.1. The van der Waals surface area contributed by atoms with E-state index in [1.165, 1.54) is 16.3 Å². The van der Waals surface area contributed by atoms with Crippen molar-refractivity contribution in [2.75, 3.05) is 11.1 Å². The summed E-state index contributed by atoms with van der Waals surface area (Å²) < 4.78 is 12.1. The Labute approximate surface area is 182 Å². The molecule has 8 nitrogen and oxygen atoms in total. The third kappa shape index (κ3) is 4.72. The Kier molecular flexibility index (Phi) is 5.69. The number of hydrogen-bond acceptors (Lipinski definition) is 7. The van der Waals surface area contributed by atoms with Gasteiger partial charge in [-0.2, -0.15) is 0 Å². The molecule has 0 saturated heterocycles. The lowest BCUT2D eigenvalue weighted by atomic mass is 9.92. The smallest absolute Gasteiger partial charge is 0.262 e. The van der Waals surface area contributed by atoms with Crippen molar-refractivity contribution in [2.24, 2.45) is 0 Å². The SMILES string of the molecule is CC(C)(C)c1cc(NC(=O)CSc2nc3ccccc3c(=O)n2Cc2ccco2)on1. The van der Waals surface area contributed by atoms with E-state index in [-0.39, 0.29) is 35.1 Å². The summed E-state index contributed by atoms with van der Waals surface area (Å²) in [5, 5.41) is 7.64. The number of hydrogen-bond donors (Lipinski definition) is 1. The van der Waals surface area contributed by atoms with Gasteiger partial charge in [-0.15, -0.1) is 0 Å². The molecule has 0 radical (unpaired) electrons. The van der Waals surface area contributed by atoms with E-state index < -0.39 is 0 Å².